The second-order valence-corrected chi connectivity index (χ2v) is 9.57. The number of rotatable bonds is 7. The summed E-state index contributed by atoms with van der Waals surface area (Å²) in [5.74, 6) is -0.806. The molecule has 0 spiro atoms. The van der Waals surface area contributed by atoms with Crippen molar-refractivity contribution in [2.24, 2.45) is 11.3 Å². The lowest BCUT2D eigenvalue weighted by Gasteiger charge is -2.19. The van der Waals surface area contributed by atoms with Gasteiger partial charge in [-0.3, -0.25) is 4.79 Å². The van der Waals surface area contributed by atoms with Crippen LogP contribution in [0, 0.1) is 11.3 Å². The van der Waals surface area contributed by atoms with Crippen LogP contribution in [0.15, 0.2) is 60.2 Å². The van der Waals surface area contributed by atoms with E-state index in [0.29, 0.717) is 6.42 Å². The number of carboxylic acids is 1. The Labute approximate surface area is 198 Å². The molecule has 2 amide bonds. The minimum absolute atomic E-state index is 0.00886. The summed E-state index contributed by atoms with van der Waals surface area (Å²) in [5.41, 5.74) is 4.45. The molecule has 0 unspecified atom stereocenters. The third-order valence-corrected chi connectivity index (χ3v) is 7.54. The number of amides is 2. The van der Waals surface area contributed by atoms with Crippen molar-refractivity contribution >= 4 is 18.0 Å². The Balaban J connectivity index is 1.14. The molecular formula is C27H28N2O5. The molecule has 2 aromatic carbocycles. The average molecular weight is 461 g/mol. The van der Waals surface area contributed by atoms with Crippen molar-refractivity contribution in [3.63, 3.8) is 0 Å². The Morgan fingerprint density at radius 3 is 2.35 bits per heavy atom. The van der Waals surface area contributed by atoms with Crippen LogP contribution in [0.3, 0.4) is 0 Å². The summed E-state index contributed by atoms with van der Waals surface area (Å²) < 4.78 is 5.64. The Hall–Kier alpha value is -3.61. The molecule has 7 heteroatoms. The first-order valence-corrected chi connectivity index (χ1v) is 11.7. The Morgan fingerprint density at radius 2 is 1.71 bits per heavy atom. The largest absolute Gasteiger partial charge is 0.478 e. The second-order valence-electron chi connectivity index (χ2n) is 9.57. The molecule has 0 bridgehead atoms. The molecule has 0 heterocycles. The third kappa shape index (κ3) is 3.95. The van der Waals surface area contributed by atoms with Gasteiger partial charge in [-0.25, -0.2) is 9.59 Å². The zero-order valence-corrected chi connectivity index (χ0v) is 19.0. The minimum atomic E-state index is -0.995. The molecule has 34 heavy (non-hydrogen) atoms. The Morgan fingerprint density at radius 1 is 1.06 bits per heavy atom. The molecule has 0 aromatic heterocycles. The maximum absolute atomic E-state index is 12.7. The average Bonchev–Trinajstić information content (AvgIpc) is 3.26. The molecule has 3 aliphatic carbocycles. The van der Waals surface area contributed by atoms with E-state index in [9.17, 15) is 14.4 Å². The fourth-order valence-electron chi connectivity index (χ4n) is 5.65. The van der Waals surface area contributed by atoms with Crippen LogP contribution in [0.25, 0.3) is 11.1 Å². The van der Waals surface area contributed by atoms with Gasteiger partial charge in [-0.2, -0.15) is 0 Å². The summed E-state index contributed by atoms with van der Waals surface area (Å²) in [6.07, 6.45) is 3.18. The lowest BCUT2D eigenvalue weighted by atomic mass is 9.98. The molecule has 7 nitrogen and oxygen atoms in total. The molecule has 3 atom stereocenters. The number of hydrogen-bond donors (Lipinski definition) is 3. The van der Waals surface area contributed by atoms with Crippen molar-refractivity contribution < 1.29 is 24.2 Å². The van der Waals surface area contributed by atoms with Crippen LogP contribution in [0.2, 0.25) is 0 Å². The van der Waals surface area contributed by atoms with Crippen molar-refractivity contribution in [1.29, 1.82) is 0 Å². The van der Waals surface area contributed by atoms with Crippen LogP contribution in [0.1, 0.15) is 43.2 Å². The number of hydrogen-bond acceptors (Lipinski definition) is 4. The third-order valence-electron chi connectivity index (χ3n) is 7.54. The molecular weight excluding hydrogens is 432 g/mol. The van der Waals surface area contributed by atoms with Crippen molar-refractivity contribution in [2.75, 3.05) is 13.2 Å². The predicted molar refractivity (Wildman–Crippen MR) is 126 cm³/mol. The number of carbonyl (C=O) groups is 3. The highest BCUT2D eigenvalue weighted by Crippen LogP contribution is 2.63. The van der Waals surface area contributed by atoms with Crippen LogP contribution in [-0.4, -0.2) is 42.3 Å². The predicted octanol–water partition coefficient (Wildman–Crippen LogP) is 3.84. The van der Waals surface area contributed by atoms with Gasteiger partial charge in [0.2, 0.25) is 5.91 Å². The first-order valence-electron chi connectivity index (χ1n) is 11.7. The molecule has 0 radical (unpaired) electrons. The van der Waals surface area contributed by atoms with Crippen molar-refractivity contribution in [3.8, 4) is 11.1 Å². The highest BCUT2D eigenvalue weighted by molar-refractivity contribution is 5.88. The van der Waals surface area contributed by atoms with E-state index in [0.717, 1.165) is 12.8 Å². The van der Waals surface area contributed by atoms with Gasteiger partial charge in [-0.05, 0) is 54.4 Å². The van der Waals surface area contributed by atoms with Crippen LogP contribution in [0.5, 0.6) is 0 Å². The van der Waals surface area contributed by atoms with Gasteiger partial charge in [0.15, 0.2) is 0 Å². The highest BCUT2D eigenvalue weighted by Gasteiger charge is 2.65. The zero-order chi connectivity index (χ0) is 23.9. The van der Waals surface area contributed by atoms with E-state index in [-0.39, 0.29) is 42.5 Å². The zero-order valence-electron chi connectivity index (χ0n) is 19.0. The summed E-state index contributed by atoms with van der Waals surface area (Å²) in [7, 11) is 0. The lowest BCUT2D eigenvalue weighted by molar-refractivity contribution is -0.132. The molecule has 2 fully saturated rings. The van der Waals surface area contributed by atoms with Crippen molar-refractivity contribution in [1.82, 2.24) is 10.6 Å². The number of alkyl carbamates (subject to hydrolysis) is 1. The van der Waals surface area contributed by atoms with E-state index < -0.39 is 17.5 Å². The van der Waals surface area contributed by atoms with E-state index in [1.807, 2.05) is 24.3 Å². The molecule has 3 aliphatic rings. The van der Waals surface area contributed by atoms with Gasteiger partial charge in [0.25, 0.3) is 0 Å². The number of aliphatic carboxylic acids is 1. The SMILES string of the molecule is C/C(=C\CNC(=O)[C@@]12C[C@@H](NC(=O)OCC3c4ccccc4-c4ccccc43)C[C@@H]1C2)C(=O)O. The Kier molecular flexibility index (Phi) is 5.63. The van der Waals surface area contributed by atoms with E-state index in [2.05, 4.69) is 34.9 Å². The van der Waals surface area contributed by atoms with Crippen molar-refractivity contribution in [2.45, 2.75) is 38.1 Å². The summed E-state index contributed by atoms with van der Waals surface area (Å²) in [6.45, 7) is 1.95. The monoisotopic (exact) mass is 460 g/mol. The van der Waals surface area contributed by atoms with E-state index in [4.69, 9.17) is 9.84 Å². The maximum Gasteiger partial charge on any atom is 0.407 e. The van der Waals surface area contributed by atoms with Gasteiger partial charge < -0.3 is 20.5 Å². The molecule has 0 aliphatic heterocycles. The minimum Gasteiger partial charge on any atom is -0.478 e. The van der Waals surface area contributed by atoms with E-state index in [1.54, 1.807) is 0 Å². The molecule has 5 rings (SSSR count). The number of benzene rings is 2. The van der Waals surface area contributed by atoms with Gasteiger partial charge in [-0.1, -0.05) is 54.6 Å². The normalized spacial score (nSPS) is 24.6. The van der Waals surface area contributed by atoms with Crippen LogP contribution >= 0.6 is 0 Å². The number of carboxylic acid groups (broad SMARTS) is 1. The van der Waals surface area contributed by atoms with E-state index in [1.165, 1.54) is 35.3 Å². The summed E-state index contributed by atoms with van der Waals surface area (Å²) >= 11 is 0. The van der Waals surface area contributed by atoms with Crippen molar-refractivity contribution in [3.05, 3.63) is 71.3 Å². The van der Waals surface area contributed by atoms with E-state index >= 15 is 0 Å². The maximum atomic E-state index is 12.7. The highest BCUT2D eigenvalue weighted by atomic mass is 16.5. The van der Waals surface area contributed by atoms with Gasteiger partial charge in [0.1, 0.15) is 6.61 Å². The summed E-state index contributed by atoms with van der Waals surface area (Å²) in [5, 5.41) is 14.7. The molecule has 2 aromatic rings. The topological polar surface area (TPSA) is 105 Å². The van der Waals surface area contributed by atoms with Gasteiger partial charge in [0.05, 0.1) is 5.41 Å². The molecule has 2 saturated carbocycles. The summed E-state index contributed by atoms with van der Waals surface area (Å²) in [4.78, 5) is 36.2. The quantitative estimate of drug-likeness (QED) is 0.545. The lowest BCUT2D eigenvalue weighted by Crippen LogP contribution is -2.38. The first kappa shape index (κ1) is 22.2. The number of ether oxygens (including phenoxy) is 1. The van der Waals surface area contributed by atoms with Crippen LogP contribution < -0.4 is 10.6 Å². The smallest absolute Gasteiger partial charge is 0.407 e. The number of carbonyl (C=O) groups excluding carboxylic acids is 2. The number of fused-ring (bicyclic) bond motifs is 4. The fraction of sp³-hybridized carbons (Fsp3) is 0.370. The fourth-order valence-corrected chi connectivity index (χ4v) is 5.65. The molecule has 0 saturated heterocycles. The van der Waals surface area contributed by atoms with Gasteiger partial charge >= 0.3 is 12.1 Å². The van der Waals surface area contributed by atoms with Gasteiger partial charge in [-0.15, -0.1) is 0 Å². The van der Waals surface area contributed by atoms with Crippen LogP contribution in [-0.2, 0) is 14.3 Å². The standard InChI is InChI=1S/C27H28N2O5/c1-16(24(30)31)10-11-28-25(32)27-13-17(27)12-18(14-27)29-26(33)34-15-23-21-8-4-2-6-19(21)20-7-3-5-9-22(20)23/h2-10,17-18,23H,11-15H2,1H3,(H,28,32)(H,29,33)(H,30,31)/b16-10+/t17-,18+,27+/m1/s1. The second kappa shape index (κ2) is 8.63. The molecule has 176 valence electrons. The number of nitrogens with one attached hydrogen (secondary N) is 2. The van der Waals surface area contributed by atoms with Crippen LogP contribution in [0.4, 0.5) is 4.79 Å². The van der Waals surface area contributed by atoms with Gasteiger partial charge in [0, 0.05) is 24.1 Å². The Bertz CT molecular complexity index is 1140. The summed E-state index contributed by atoms with van der Waals surface area (Å²) in [6, 6.07) is 16.3. The first-order chi connectivity index (χ1) is 16.4. The molecule has 3 N–H and O–H groups in total.